The number of rotatable bonds is 7. The molecule has 5 aromatic rings. The lowest BCUT2D eigenvalue weighted by Gasteiger charge is -2.32. The number of alkyl halides is 6. The normalized spacial score (nSPS) is 14.5. The molecule has 1 fully saturated rings. The molecule has 244 valence electrons. The van der Waals surface area contributed by atoms with E-state index in [1.807, 2.05) is 7.05 Å². The van der Waals surface area contributed by atoms with E-state index in [4.69, 9.17) is 4.98 Å². The van der Waals surface area contributed by atoms with Crippen molar-refractivity contribution in [3.05, 3.63) is 107 Å². The summed E-state index contributed by atoms with van der Waals surface area (Å²) in [6, 6.07) is 16.5. The zero-order chi connectivity index (χ0) is 33.3. The maximum absolute atomic E-state index is 13.3. The van der Waals surface area contributed by atoms with Crippen molar-refractivity contribution in [2.45, 2.75) is 25.4 Å². The molecule has 8 nitrogen and oxygen atoms in total. The van der Waals surface area contributed by atoms with Crippen molar-refractivity contribution < 1.29 is 31.1 Å². The van der Waals surface area contributed by atoms with Gasteiger partial charge >= 0.3 is 12.4 Å². The standard InChI is InChI=1S/C33H29F6N7O/c1-44-13-15-45(16-14-44)31(47)24-9-7-23(8-10-24)28-42-29(40-18-22-3-2-4-26(17-22)33(37,38)39)27-30(43-28)46(20-41-27)19-21-5-11-25(12-6-21)32(34,35)36/h2-12,17,20H,13-16,18-19H2,1H3,(H,40,42,43). The van der Waals surface area contributed by atoms with E-state index in [0.29, 0.717) is 46.5 Å². The van der Waals surface area contributed by atoms with Crippen LogP contribution in [-0.4, -0.2) is 68.5 Å². The second kappa shape index (κ2) is 12.7. The monoisotopic (exact) mass is 653 g/mol. The predicted octanol–water partition coefficient (Wildman–Crippen LogP) is 6.58. The molecular formula is C33H29F6N7O. The van der Waals surface area contributed by atoms with Gasteiger partial charge in [-0.3, -0.25) is 4.79 Å². The summed E-state index contributed by atoms with van der Waals surface area (Å²) in [6.45, 7) is 2.97. The Hall–Kier alpha value is -4.98. The van der Waals surface area contributed by atoms with Crippen molar-refractivity contribution in [2.24, 2.45) is 0 Å². The van der Waals surface area contributed by atoms with Crippen molar-refractivity contribution in [1.29, 1.82) is 0 Å². The second-order valence-electron chi connectivity index (χ2n) is 11.4. The van der Waals surface area contributed by atoms with Gasteiger partial charge in [0.2, 0.25) is 0 Å². The first-order valence-electron chi connectivity index (χ1n) is 14.7. The number of fused-ring (bicyclic) bond motifs is 1. The number of piperazine rings is 1. The topological polar surface area (TPSA) is 79.2 Å². The maximum atomic E-state index is 13.3. The molecule has 0 atom stereocenters. The van der Waals surface area contributed by atoms with Gasteiger partial charge in [0.05, 0.1) is 24.0 Å². The molecule has 1 N–H and O–H groups in total. The molecule has 1 amide bonds. The molecule has 0 unspecified atom stereocenters. The average Bonchev–Trinajstić information content (AvgIpc) is 3.46. The number of carbonyl (C=O) groups excluding carboxylic acids is 1. The van der Waals surface area contributed by atoms with Gasteiger partial charge in [0.15, 0.2) is 17.3 Å². The minimum atomic E-state index is -4.50. The molecule has 1 saturated heterocycles. The van der Waals surface area contributed by atoms with Gasteiger partial charge in [0.25, 0.3) is 5.91 Å². The molecule has 0 saturated carbocycles. The number of hydrogen-bond donors (Lipinski definition) is 1. The highest BCUT2D eigenvalue weighted by molar-refractivity contribution is 5.95. The van der Waals surface area contributed by atoms with Gasteiger partial charge in [-0.15, -0.1) is 0 Å². The van der Waals surface area contributed by atoms with E-state index in [-0.39, 0.29) is 30.6 Å². The summed E-state index contributed by atoms with van der Waals surface area (Å²) in [7, 11) is 2.01. The fourth-order valence-corrected chi connectivity index (χ4v) is 5.31. The van der Waals surface area contributed by atoms with Crippen LogP contribution >= 0.6 is 0 Å². The summed E-state index contributed by atoms with van der Waals surface area (Å²) in [5.41, 5.74) is 1.16. The van der Waals surface area contributed by atoms with Gasteiger partial charge < -0.3 is 19.7 Å². The van der Waals surface area contributed by atoms with Crippen molar-refractivity contribution in [3.63, 3.8) is 0 Å². The van der Waals surface area contributed by atoms with Crippen molar-refractivity contribution in [2.75, 3.05) is 38.5 Å². The van der Waals surface area contributed by atoms with E-state index in [1.54, 1.807) is 39.8 Å². The van der Waals surface area contributed by atoms with E-state index in [1.165, 1.54) is 24.5 Å². The van der Waals surface area contributed by atoms with Crippen molar-refractivity contribution in [3.8, 4) is 11.4 Å². The highest BCUT2D eigenvalue weighted by Crippen LogP contribution is 2.31. The summed E-state index contributed by atoms with van der Waals surface area (Å²) in [4.78, 5) is 30.8. The zero-order valence-corrected chi connectivity index (χ0v) is 25.1. The highest BCUT2D eigenvalue weighted by Gasteiger charge is 2.31. The number of benzene rings is 3. The van der Waals surface area contributed by atoms with Gasteiger partial charge in [-0.1, -0.05) is 36.4 Å². The second-order valence-corrected chi connectivity index (χ2v) is 11.4. The van der Waals surface area contributed by atoms with Crippen molar-refractivity contribution >= 4 is 22.9 Å². The van der Waals surface area contributed by atoms with Gasteiger partial charge in [0, 0.05) is 43.9 Å². The first-order chi connectivity index (χ1) is 22.3. The lowest BCUT2D eigenvalue weighted by Crippen LogP contribution is -2.47. The van der Waals surface area contributed by atoms with Crippen molar-refractivity contribution in [1.82, 2.24) is 29.3 Å². The van der Waals surface area contributed by atoms with Crippen LogP contribution in [0.5, 0.6) is 0 Å². The summed E-state index contributed by atoms with van der Waals surface area (Å²) in [5.74, 6) is 0.432. The molecule has 0 bridgehead atoms. The number of nitrogens with one attached hydrogen (secondary N) is 1. The molecule has 2 aromatic heterocycles. The Kier molecular flexibility index (Phi) is 8.62. The van der Waals surface area contributed by atoms with E-state index in [9.17, 15) is 31.1 Å². The molecule has 3 heterocycles. The number of anilines is 1. The lowest BCUT2D eigenvalue weighted by atomic mass is 10.1. The Bertz CT molecular complexity index is 1880. The Balaban J connectivity index is 1.32. The van der Waals surface area contributed by atoms with E-state index in [2.05, 4.69) is 20.2 Å². The van der Waals surface area contributed by atoms with E-state index < -0.39 is 23.5 Å². The van der Waals surface area contributed by atoms with Gasteiger partial charge in [-0.2, -0.15) is 26.3 Å². The minimum Gasteiger partial charge on any atom is -0.364 e. The molecule has 1 aliphatic heterocycles. The van der Waals surface area contributed by atoms with Gasteiger partial charge in [-0.05, 0) is 54.6 Å². The zero-order valence-electron chi connectivity index (χ0n) is 25.1. The molecule has 0 aliphatic carbocycles. The quantitative estimate of drug-likeness (QED) is 0.200. The van der Waals surface area contributed by atoms with Gasteiger partial charge in [-0.25, -0.2) is 15.0 Å². The number of imidazole rings is 1. The Morgan fingerprint density at radius 1 is 0.809 bits per heavy atom. The number of likely N-dealkylation sites (N-methyl/N-ethyl adjacent to an activating group) is 1. The first-order valence-corrected chi connectivity index (χ1v) is 14.7. The summed E-state index contributed by atoms with van der Waals surface area (Å²) >= 11 is 0. The number of aromatic nitrogens is 4. The Morgan fingerprint density at radius 2 is 1.49 bits per heavy atom. The number of hydrogen-bond acceptors (Lipinski definition) is 6. The SMILES string of the molecule is CN1CCN(C(=O)c2ccc(-c3nc(NCc4cccc(C(F)(F)F)c4)c4ncn(Cc5ccc(C(F)(F)F)cc5)c4n3)cc2)CC1. The predicted molar refractivity (Wildman–Crippen MR) is 163 cm³/mol. The highest BCUT2D eigenvalue weighted by atomic mass is 19.4. The third kappa shape index (κ3) is 7.22. The maximum Gasteiger partial charge on any atom is 0.416 e. The summed E-state index contributed by atoms with van der Waals surface area (Å²) in [5, 5.41) is 3.09. The Morgan fingerprint density at radius 3 is 2.15 bits per heavy atom. The molecule has 0 radical (unpaired) electrons. The van der Waals surface area contributed by atoms with Crippen LogP contribution in [0.2, 0.25) is 0 Å². The summed E-state index contributed by atoms with van der Waals surface area (Å²) < 4.78 is 80.8. The molecule has 3 aromatic carbocycles. The van der Waals surface area contributed by atoms with Crippen LogP contribution in [0.25, 0.3) is 22.6 Å². The van der Waals surface area contributed by atoms with Crippen LogP contribution in [0.1, 0.15) is 32.6 Å². The van der Waals surface area contributed by atoms with Crippen LogP contribution < -0.4 is 5.32 Å². The van der Waals surface area contributed by atoms with Crippen LogP contribution in [0.4, 0.5) is 32.2 Å². The molecule has 0 spiro atoms. The fourth-order valence-electron chi connectivity index (χ4n) is 5.31. The largest absolute Gasteiger partial charge is 0.416 e. The van der Waals surface area contributed by atoms with Gasteiger partial charge in [0.1, 0.15) is 5.52 Å². The molecule has 14 heteroatoms. The van der Waals surface area contributed by atoms with Crippen LogP contribution in [0.15, 0.2) is 79.1 Å². The smallest absolute Gasteiger partial charge is 0.364 e. The number of nitrogens with zero attached hydrogens (tertiary/aromatic N) is 6. The average molecular weight is 654 g/mol. The number of halogens is 6. The van der Waals surface area contributed by atoms with E-state index in [0.717, 1.165) is 37.4 Å². The molecule has 6 rings (SSSR count). The third-order valence-electron chi connectivity index (χ3n) is 7.99. The van der Waals surface area contributed by atoms with Crippen LogP contribution in [0, 0.1) is 0 Å². The first kappa shape index (κ1) is 32.0. The molecule has 1 aliphatic rings. The third-order valence-corrected chi connectivity index (χ3v) is 7.99. The number of carbonyl (C=O) groups is 1. The van der Waals surface area contributed by atoms with E-state index >= 15 is 0 Å². The summed E-state index contributed by atoms with van der Waals surface area (Å²) in [6.07, 6.45) is -7.48. The van der Waals surface area contributed by atoms with Crippen LogP contribution in [-0.2, 0) is 25.4 Å². The minimum absolute atomic E-state index is 0.000297. The number of amides is 1. The molecule has 47 heavy (non-hydrogen) atoms. The Labute approximate surface area is 265 Å². The fraction of sp³-hybridized carbons (Fsp3) is 0.273. The molecular weight excluding hydrogens is 624 g/mol. The van der Waals surface area contributed by atoms with Crippen LogP contribution in [0.3, 0.4) is 0 Å². The lowest BCUT2D eigenvalue weighted by molar-refractivity contribution is -0.138.